The molecular weight excluding hydrogens is 290 g/mol. The van der Waals surface area contributed by atoms with Gasteiger partial charge in [-0.3, -0.25) is 4.72 Å². The fraction of sp³-hybridized carbons (Fsp3) is 0.417. The first-order valence-electron chi connectivity index (χ1n) is 5.82. The summed E-state index contributed by atoms with van der Waals surface area (Å²) in [5.41, 5.74) is 0.732. The number of rotatable bonds is 7. The van der Waals surface area contributed by atoms with Crippen molar-refractivity contribution in [2.24, 2.45) is 0 Å². The van der Waals surface area contributed by atoms with Gasteiger partial charge in [0.25, 0.3) is 0 Å². The molecule has 0 spiro atoms. The third-order valence-electron chi connectivity index (χ3n) is 2.27. The summed E-state index contributed by atoms with van der Waals surface area (Å²) in [6.07, 6.45) is 1.77. The molecule has 7 heteroatoms. The molecule has 0 amide bonds. The summed E-state index contributed by atoms with van der Waals surface area (Å²) in [6, 6.07) is 5.97. The molecule has 1 N–H and O–H groups in total. The summed E-state index contributed by atoms with van der Waals surface area (Å²) in [4.78, 5) is 11.6. The lowest BCUT2D eigenvalue weighted by molar-refractivity contribution is 0.0500. The average molecular weight is 306 g/mol. The molecule has 0 fully saturated rings. The summed E-state index contributed by atoms with van der Waals surface area (Å²) in [7, 11) is -3.52. The Morgan fingerprint density at radius 1 is 1.32 bits per heavy atom. The van der Waals surface area contributed by atoms with Crippen LogP contribution in [0.4, 0.5) is 5.69 Å². The zero-order valence-corrected chi connectivity index (χ0v) is 12.1. The second kappa shape index (κ2) is 7.35. The van der Waals surface area contributed by atoms with Gasteiger partial charge in [0.15, 0.2) is 0 Å². The van der Waals surface area contributed by atoms with Gasteiger partial charge < -0.3 is 4.74 Å². The fourth-order valence-corrected chi connectivity index (χ4v) is 1.99. The van der Waals surface area contributed by atoms with Crippen molar-refractivity contribution in [2.75, 3.05) is 16.5 Å². The van der Waals surface area contributed by atoms with Gasteiger partial charge in [0.1, 0.15) is 5.21 Å². The van der Waals surface area contributed by atoms with E-state index in [9.17, 15) is 13.2 Å². The van der Waals surface area contributed by atoms with Gasteiger partial charge in [-0.05, 0) is 30.7 Å². The number of anilines is 1. The Morgan fingerprint density at radius 3 is 2.47 bits per heavy atom. The Balaban J connectivity index is 2.63. The van der Waals surface area contributed by atoms with E-state index in [4.69, 9.17) is 16.3 Å². The molecule has 0 radical (unpaired) electrons. The number of carbonyl (C=O) groups is 1. The Labute approximate surface area is 118 Å². The van der Waals surface area contributed by atoms with E-state index in [-0.39, 0.29) is 0 Å². The van der Waals surface area contributed by atoms with Gasteiger partial charge in [-0.2, -0.15) is 0 Å². The van der Waals surface area contributed by atoms with Crippen LogP contribution in [-0.4, -0.2) is 26.2 Å². The van der Waals surface area contributed by atoms with E-state index < -0.39 is 21.2 Å². The van der Waals surface area contributed by atoms with E-state index in [0.29, 0.717) is 17.9 Å². The van der Waals surface area contributed by atoms with Crippen LogP contribution in [0.15, 0.2) is 24.3 Å². The van der Waals surface area contributed by atoms with Crippen LogP contribution in [0.1, 0.15) is 30.1 Å². The topological polar surface area (TPSA) is 72.5 Å². The molecule has 19 heavy (non-hydrogen) atoms. The molecule has 1 aromatic carbocycles. The molecule has 0 atom stereocenters. The number of unbranched alkanes of at least 4 members (excludes halogenated alkanes) is 1. The highest BCUT2D eigenvalue weighted by Crippen LogP contribution is 2.13. The van der Waals surface area contributed by atoms with Gasteiger partial charge in [0, 0.05) is 5.69 Å². The van der Waals surface area contributed by atoms with Crippen molar-refractivity contribution in [3.05, 3.63) is 29.8 Å². The summed E-state index contributed by atoms with van der Waals surface area (Å²) < 4.78 is 29.8. The number of sulfonamides is 1. The number of ether oxygens (including phenoxy) is 1. The third-order valence-corrected chi connectivity index (χ3v) is 3.96. The van der Waals surface area contributed by atoms with Gasteiger partial charge in [-0.15, -0.1) is 11.6 Å². The summed E-state index contributed by atoms with van der Waals surface area (Å²) >= 11 is 5.27. The number of halogens is 1. The monoisotopic (exact) mass is 305 g/mol. The minimum atomic E-state index is -3.52. The Morgan fingerprint density at radius 2 is 1.95 bits per heavy atom. The minimum absolute atomic E-state index is 0.353. The number of hydrogen-bond donors (Lipinski definition) is 1. The quantitative estimate of drug-likeness (QED) is 0.477. The van der Waals surface area contributed by atoms with E-state index in [1.807, 2.05) is 6.92 Å². The standard InChI is InChI=1S/C12H16ClNO4S/c1-2-3-8-18-12(15)10-4-6-11(7-5-10)14-19(16,17)9-13/h4-7,14H,2-3,8-9H2,1H3. The van der Waals surface area contributed by atoms with Gasteiger partial charge in [0.05, 0.1) is 12.2 Å². The van der Waals surface area contributed by atoms with E-state index in [1.54, 1.807) is 0 Å². The maximum absolute atomic E-state index is 11.6. The third kappa shape index (κ3) is 5.48. The van der Waals surface area contributed by atoms with Crippen LogP contribution in [0.25, 0.3) is 0 Å². The fourth-order valence-electron chi connectivity index (χ4n) is 1.27. The molecule has 1 rings (SSSR count). The van der Waals surface area contributed by atoms with Crippen molar-refractivity contribution in [1.29, 1.82) is 0 Å². The Bertz CT molecular complexity index is 513. The predicted octanol–water partition coefficient (Wildman–Crippen LogP) is 2.58. The van der Waals surface area contributed by atoms with Crippen molar-refractivity contribution in [2.45, 2.75) is 19.8 Å². The molecule has 106 valence electrons. The van der Waals surface area contributed by atoms with Crippen LogP contribution in [0.3, 0.4) is 0 Å². The van der Waals surface area contributed by atoms with Crippen molar-refractivity contribution in [1.82, 2.24) is 0 Å². The molecule has 0 aromatic heterocycles. The molecule has 0 bridgehead atoms. The smallest absolute Gasteiger partial charge is 0.338 e. The molecule has 0 saturated heterocycles. The van der Waals surface area contributed by atoms with E-state index in [2.05, 4.69) is 4.72 Å². The highest BCUT2D eigenvalue weighted by atomic mass is 35.5. The predicted molar refractivity (Wildman–Crippen MR) is 74.9 cm³/mol. The van der Waals surface area contributed by atoms with Crippen LogP contribution < -0.4 is 4.72 Å². The summed E-state index contributed by atoms with van der Waals surface area (Å²) in [5.74, 6) is -0.416. The molecule has 0 saturated carbocycles. The highest BCUT2D eigenvalue weighted by Gasteiger charge is 2.10. The van der Waals surface area contributed by atoms with Gasteiger partial charge in [-0.25, -0.2) is 13.2 Å². The number of hydrogen-bond acceptors (Lipinski definition) is 4. The van der Waals surface area contributed by atoms with Crippen LogP contribution in [0.5, 0.6) is 0 Å². The number of benzene rings is 1. The van der Waals surface area contributed by atoms with E-state index >= 15 is 0 Å². The largest absolute Gasteiger partial charge is 0.462 e. The lowest BCUT2D eigenvalue weighted by atomic mass is 10.2. The first kappa shape index (κ1) is 15.8. The summed E-state index contributed by atoms with van der Waals surface area (Å²) in [5, 5.41) is -0.520. The molecule has 0 aliphatic carbocycles. The second-order valence-electron chi connectivity index (χ2n) is 3.89. The number of alkyl halides is 1. The lowest BCUT2D eigenvalue weighted by Crippen LogP contribution is -2.13. The van der Waals surface area contributed by atoms with E-state index in [1.165, 1.54) is 24.3 Å². The molecule has 0 aliphatic rings. The Kier molecular flexibility index (Phi) is 6.11. The Hall–Kier alpha value is -1.27. The van der Waals surface area contributed by atoms with Crippen LogP contribution in [-0.2, 0) is 14.8 Å². The zero-order chi connectivity index (χ0) is 14.3. The molecular formula is C12H16ClNO4S. The van der Waals surface area contributed by atoms with E-state index in [0.717, 1.165) is 12.8 Å². The lowest BCUT2D eigenvalue weighted by Gasteiger charge is -2.07. The molecule has 0 aliphatic heterocycles. The van der Waals surface area contributed by atoms with Crippen LogP contribution in [0.2, 0.25) is 0 Å². The van der Waals surface area contributed by atoms with Gasteiger partial charge >= 0.3 is 5.97 Å². The van der Waals surface area contributed by atoms with Crippen LogP contribution >= 0.6 is 11.6 Å². The van der Waals surface area contributed by atoms with Crippen molar-refractivity contribution < 1.29 is 17.9 Å². The number of nitrogens with one attached hydrogen (secondary N) is 1. The number of esters is 1. The second-order valence-corrected chi connectivity index (χ2v) is 6.20. The maximum atomic E-state index is 11.6. The number of carbonyl (C=O) groups excluding carboxylic acids is 1. The average Bonchev–Trinajstić information content (AvgIpc) is 2.39. The van der Waals surface area contributed by atoms with Crippen molar-refractivity contribution >= 4 is 33.3 Å². The molecule has 5 nitrogen and oxygen atoms in total. The zero-order valence-electron chi connectivity index (χ0n) is 10.6. The SMILES string of the molecule is CCCCOC(=O)c1ccc(NS(=O)(=O)CCl)cc1. The first-order chi connectivity index (χ1) is 8.98. The molecule has 0 heterocycles. The molecule has 0 unspecified atom stereocenters. The van der Waals surface area contributed by atoms with Gasteiger partial charge in [0.2, 0.25) is 10.0 Å². The molecule has 1 aromatic rings. The van der Waals surface area contributed by atoms with Crippen LogP contribution in [0, 0.1) is 0 Å². The van der Waals surface area contributed by atoms with Crippen molar-refractivity contribution in [3.63, 3.8) is 0 Å². The summed E-state index contributed by atoms with van der Waals surface area (Å²) in [6.45, 7) is 2.39. The normalized spacial score (nSPS) is 11.1. The minimum Gasteiger partial charge on any atom is -0.462 e. The van der Waals surface area contributed by atoms with Crippen molar-refractivity contribution in [3.8, 4) is 0 Å². The maximum Gasteiger partial charge on any atom is 0.338 e. The van der Waals surface area contributed by atoms with Gasteiger partial charge in [-0.1, -0.05) is 13.3 Å². The highest BCUT2D eigenvalue weighted by molar-refractivity contribution is 7.93. The first-order valence-corrected chi connectivity index (χ1v) is 8.01.